The predicted octanol–water partition coefficient (Wildman–Crippen LogP) is 21.4. The van der Waals surface area contributed by atoms with Gasteiger partial charge in [0.2, 0.25) is 0 Å². The smallest absolute Gasteiger partial charge is 0.269 e. The highest BCUT2D eigenvalue weighted by Gasteiger charge is 2.80. The Morgan fingerprint density at radius 2 is 1.08 bits per heavy atom. The van der Waals surface area contributed by atoms with Gasteiger partial charge in [-0.15, -0.1) is 0 Å². The molecule has 41 rings (SSSR count). The number of aliphatic imine (C=N–C) groups is 1. The summed E-state index contributed by atoms with van der Waals surface area (Å²) < 4.78 is 73.5. The number of hydrogen-bond acceptors (Lipinski definition) is 17. The predicted molar refractivity (Wildman–Crippen MR) is 561 cm³/mol. The summed E-state index contributed by atoms with van der Waals surface area (Å²) in [5.74, 6) is 16.7. The number of fused-ring (bicyclic) bond motifs is 7. The van der Waals surface area contributed by atoms with Gasteiger partial charge in [-0.2, -0.15) is 0 Å². The first-order valence-corrected chi connectivity index (χ1v) is 58.9. The number of oxime groups is 1. The normalized spacial score (nSPS) is 39.1. The summed E-state index contributed by atoms with van der Waals surface area (Å²) in [5, 5.41) is 21.2. The zero-order chi connectivity index (χ0) is 97.2. The topological polar surface area (TPSA) is 188 Å². The van der Waals surface area contributed by atoms with Crippen LogP contribution in [0.4, 0.5) is 5.69 Å². The number of allylic oxidation sites excluding steroid dienone is 25. The molecule has 5 aromatic rings. The highest BCUT2D eigenvalue weighted by atomic mass is 16.7. The molecule has 0 aromatic heterocycles. The number of nitro benzene ring substituents is 1. The fourth-order valence-corrected chi connectivity index (χ4v) is 43.5. The number of rotatable bonds is 32. The van der Waals surface area contributed by atoms with Gasteiger partial charge in [0, 0.05) is 187 Å². The molecular weight excluding hydrogens is 1870 g/mol. The van der Waals surface area contributed by atoms with E-state index in [1.54, 1.807) is 112 Å². The number of ether oxygens (including phenoxy) is 12. The Balaban J connectivity index is 0.000000117. The summed E-state index contributed by atoms with van der Waals surface area (Å²) >= 11 is 0. The highest BCUT2D eigenvalue weighted by Crippen LogP contribution is 2.89. The Morgan fingerprint density at radius 1 is 0.440 bits per heavy atom. The van der Waals surface area contributed by atoms with Crippen molar-refractivity contribution in [1.82, 2.24) is 0 Å². The average Bonchev–Trinajstić information content (AvgIpc) is 1.44. The number of non-ortho nitro benzene ring substituents is 1. The molecule has 30 aliphatic carbocycles. The maximum Gasteiger partial charge on any atom is 0.269 e. The fraction of sp³-hybridized carbons (Fsp3) is 0.545. The minimum atomic E-state index is -0.473. The van der Waals surface area contributed by atoms with Gasteiger partial charge < -0.3 is 61.7 Å². The van der Waals surface area contributed by atoms with Crippen LogP contribution < -0.4 is 29.4 Å². The van der Waals surface area contributed by atoms with Crippen LogP contribution in [0.3, 0.4) is 0 Å². The van der Waals surface area contributed by atoms with Gasteiger partial charge in [0.05, 0.1) is 134 Å². The monoisotopic (exact) mass is 1990 g/mol. The van der Waals surface area contributed by atoms with Crippen LogP contribution in [0.1, 0.15) is 238 Å². The van der Waals surface area contributed by atoms with Crippen LogP contribution in [-0.2, 0) is 42.7 Å². The van der Waals surface area contributed by atoms with Gasteiger partial charge >= 0.3 is 0 Å². The standard InChI is InChI=1S/C70H70N2O8.C62H55NO7/c1-69(26-77-27-69)24-75-17-3-19-79-33-21-31(22-34(23-33)80-20-4-18-76-25-70(2)28-78-29-70)68-66-52-42-16-14-40-38-12-10-36-35-9-11-37-39-13-15-41-49-47(39)54-45(37)43(35)53-44(36)46(38)55-48(40)50(42)57-59(52)58(56(49)63-61(54)60(53)62(55)64(57)63)51(41)65(66)67(71-68)30-5-7-32(8-6-30)72(73)74;1-60(22-66-23-60)20-64-5-3-7-68-34-15-32(16-35(18-34)69-8-4-6-65-21-61(2)24-67-25-61)59-57-36-17-31-13-28-11-29-10-26-9-27-12-30-14-33-19-62(57,70-63-59)58-43(33)48-42(30)47-38(27)37(26)45-41(29)46-39(28)40(31)49-44(36)56(58)55-53(48)51(47)50(45)52(46)54(49)55/h5-8,21-23,35-37,39,41,43-45,48,50-51,57-59,65-67H,3-4,9-20,24-29H2,1-2H3;11-12,14-18,26-27,36-37,41,43-44,46,57-58H,3-10,13,19-25H2,1-2H3. The summed E-state index contributed by atoms with van der Waals surface area (Å²) in [6.07, 6.45) is 29.4. The number of benzene rings is 5. The molecule has 18 nitrogen and oxygen atoms in total. The Morgan fingerprint density at radius 3 is 1.75 bits per heavy atom. The molecule has 9 saturated carbocycles. The Labute approximate surface area is 872 Å². The minimum absolute atomic E-state index is 0.0785. The summed E-state index contributed by atoms with van der Waals surface area (Å²) in [6.45, 7) is 22.7. The van der Waals surface area contributed by atoms with Gasteiger partial charge in [-0.3, -0.25) is 15.1 Å². The Hall–Kier alpha value is -10.1. The highest BCUT2D eigenvalue weighted by molar-refractivity contribution is 6.19. The summed E-state index contributed by atoms with van der Waals surface area (Å²) in [7, 11) is 0. The van der Waals surface area contributed by atoms with E-state index in [0.717, 1.165) is 186 Å². The van der Waals surface area contributed by atoms with Crippen LogP contribution in [0.25, 0.3) is 39.0 Å². The molecule has 1 spiro atoms. The minimum Gasteiger partial charge on any atom is -0.493 e. The lowest BCUT2D eigenvalue weighted by Gasteiger charge is -2.52. The quantitative estimate of drug-likeness (QED) is 0.0171. The van der Waals surface area contributed by atoms with Crippen molar-refractivity contribution in [2.45, 2.75) is 172 Å². The molecule has 18 heteroatoms. The second-order valence-electron chi connectivity index (χ2n) is 55.3. The molecule has 36 aliphatic rings. The molecule has 6 aliphatic heterocycles. The first-order valence-electron chi connectivity index (χ1n) is 58.9. The lowest BCUT2D eigenvalue weighted by Crippen LogP contribution is -2.56. The SMILES string of the molecule is CC1(COCCCOc2cc(OCCCOCC3(C)COC3)cc(C3=NC(c4ccc([N+](=O)[O-])cc4)C4C3C3=C5CCC6=C7CCC8C9C7=C7C%10=C%11c%12c%13c%14c%15c%16c%12C(C3C%11C5C67)C4C%16CCC%15C3CCC8C(C9=C%10%13)C%143)c2)COC1.CC1(COCCCOc2cc(OCCCOCC3(C)COC3)cc(C3=NOC45CC6=CC7=CC8CC9CC%10=CC%11=C%12C%13=C%14c%15c%16c%17c%18c%19c%15=C(C%14C(C=C%13C%11)C34)C5C6C%19=C7C%18=C8C9C=%17C%10C%12%16)c2)COC1. The molecule has 13 fully saturated rings. The van der Waals surface area contributed by atoms with Crippen molar-refractivity contribution in [1.29, 1.82) is 0 Å². The molecule has 5 aromatic carbocycles. The zero-order valence-corrected chi connectivity index (χ0v) is 86.1. The maximum absolute atomic E-state index is 12.3. The second-order valence-corrected chi connectivity index (χ2v) is 55.3. The summed E-state index contributed by atoms with van der Waals surface area (Å²) in [4.78, 5) is 25.8. The molecule has 0 amide bonds. The van der Waals surface area contributed by atoms with E-state index in [2.05, 4.69) is 101 Å². The first kappa shape index (κ1) is 84.3. The van der Waals surface area contributed by atoms with Crippen molar-refractivity contribution < 1.29 is 66.6 Å². The molecule has 28 atom stereocenters. The summed E-state index contributed by atoms with van der Waals surface area (Å²) in [6, 6.07) is 20.8. The third-order valence-electron chi connectivity index (χ3n) is 47.4. The van der Waals surface area contributed by atoms with Gasteiger partial charge in [-0.1, -0.05) is 97.2 Å². The molecule has 0 bridgehead atoms. The first-order chi connectivity index (χ1) is 73.6. The van der Waals surface area contributed by atoms with E-state index in [9.17, 15) is 10.1 Å². The van der Waals surface area contributed by atoms with Crippen molar-refractivity contribution in [3.05, 3.63) is 273 Å². The molecule has 4 saturated heterocycles. The average molecular weight is 1990 g/mol. The van der Waals surface area contributed by atoms with Gasteiger partial charge in [-0.05, 0) is 349 Å². The van der Waals surface area contributed by atoms with Crippen molar-refractivity contribution >= 4 is 56.1 Å². The van der Waals surface area contributed by atoms with Crippen LogP contribution in [0, 0.1) is 156 Å². The van der Waals surface area contributed by atoms with Crippen molar-refractivity contribution in [2.24, 2.45) is 156 Å². The van der Waals surface area contributed by atoms with E-state index in [-0.39, 0.29) is 67.9 Å². The molecule has 150 heavy (non-hydrogen) atoms. The fourth-order valence-electron chi connectivity index (χ4n) is 43.5. The lowest BCUT2D eigenvalue weighted by molar-refractivity contribution is -0.384. The van der Waals surface area contributed by atoms with Crippen LogP contribution in [0.2, 0.25) is 0 Å². The van der Waals surface area contributed by atoms with Crippen LogP contribution in [-0.4, -0.2) is 154 Å². The number of nitro groups is 1. The molecule has 0 N–H and O–H groups in total. The summed E-state index contributed by atoms with van der Waals surface area (Å²) in [5.41, 5.74) is 66.3. The molecule has 28 unspecified atom stereocenters. The Bertz CT molecular complexity index is 8050. The van der Waals surface area contributed by atoms with Crippen molar-refractivity contribution in [3.63, 3.8) is 0 Å². The third kappa shape index (κ3) is 9.74. The molecular formula is C132H125N3O15. The van der Waals surface area contributed by atoms with Gasteiger partial charge in [0.15, 0.2) is 5.60 Å². The molecule has 0 radical (unpaired) electrons. The maximum atomic E-state index is 12.3. The van der Waals surface area contributed by atoms with Gasteiger partial charge in [0.1, 0.15) is 23.0 Å². The van der Waals surface area contributed by atoms with Crippen LogP contribution in [0.15, 0.2) is 190 Å². The Kier molecular flexibility index (Phi) is 15.8. The van der Waals surface area contributed by atoms with Gasteiger partial charge in [-0.25, -0.2) is 0 Å². The van der Waals surface area contributed by atoms with Crippen LogP contribution in [0.5, 0.6) is 23.0 Å². The third-order valence-corrected chi connectivity index (χ3v) is 47.4. The van der Waals surface area contributed by atoms with Crippen molar-refractivity contribution in [2.75, 3.05) is 132 Å². The number of nitrogens with zero attached hydrogens (tertiary/aromatic N) is 3. The van der Waals surface area contributed by atoms with Crippen LogP contribution >= 0.6 is 0 Å². The van der Waals surface area contributed by atoms with E-state index in [4.69, 9.17) is 71.8 Å². The molecule has 6 heterocycles. The zero-order valence-electron chi connectivity index (χ0n) is 86.1. The largest absolute Gasteiger partial charge is 0.493 e. The molecule has 758 valence electrons. The van der Waals surface area contributed by atoms with E-state index in [1.165, 1.54) is 75.5 Å². The van der Waals surface area contributed by atoms with Gasteiger partial charge in [0.25, 0.3) is 5.69 Å². The lowest BCUT2D eigenvalue weighted by atomic mass is 9.50. The van der Waals surface area contributed by atoms with E-state index in [0.29, 0.717) is 155 Å². The number of hydrogen-bond donors (Lipinski definition) is 0. The second kappa shape index (κ2) is 28.0. The van der Waals surface area contributed by atoms with Crippen molar-refractivity contribution in [3.8, 4) is 23.0 Å². The van der Waals surface area contributed by atoms with E-state index < -0.39 is 5.60 Å². The van der Waals surface area contributed by atoms with E-state index in [1.807, 2.05) is 94.7 Å². The van der Waals surface area contributed by atoms with E-state index >= 15 is 0 Å².